The average molecular weight is 695 g/mol. The fourth-order valence-electron chi connectivity index (χ4n) is 7.78. The van der Waals surface area contributed by atoms with Gasteiger partial charge < -0.3 is 0 Å². The molecule has 6 nitrogen and oxygen atoms in total. The molecule has 0 aromatic heterocycles. The number of aryl methyl sites for hydroxylation is 5. The minimum Gasteiger partial charge on any atom is -0.268 e. The molecule has 260 valence electrons. The lowest BCUT2D eigenvalue weighted by molar-refractivity contribution is 0.0910. The Balaban J connectivity index is 1.12. The van der Waals surface area contributed by atoms with E-state index in [1.54, 1.807) is 12.1 Å². The van der Waals surface area contributed by atoms with E-state index in [9.17, 15) is 19.2 Å². The molecule has 8 rings (SSSR count). The van der Waals surface area contributed by atoms with Crippen molar-refractivity contribution in [3.63, 3.8) is 0 Å². The molecule has 6 aromatic rings. The summed E-state index contributed by atoms with van der Waals surface area (Å²) in [5.41, 5.74) is 14.9. The Labute approximate surface area is 309 Å². The van der Waals surface area contributed by atoms with Crippen LogP contribution in [0.3, 0.4) is 0 Å². The first-order chi connectivity index (χ1) is 25.3. The summed E-state index contributed by atoms with van der Waals surface area (Å²) in [5, 5.41) is 0. The van der Waals surface area contributed by atoms with Crippen molar-refractivity contribution in [3.8, 4) is 33.4 Å². The van der Waals surface area contributed by atoms with Crippen molar-refractivity contribution in [2.24, 2.45) is 0 Å². The van der Waals surface area contributed by atoms with Crippen LogP contribution in [-0.4, -0.2) is 23.6 Å². The first kappa shape index (κ1) is 33.7. The molecule has 2 aliphatic rings. The number of rotatable bonds is 5. The monoisotopic (exact) mass is 694 g/mol. The molecule has 0 bridgehead atoms. The van der Waals surface area contributed by atoms with E-state index in [0.717, 1.165) is 72.3 Å². The molecule has 53 heavy (non-hydrogen) atoms. The number of imide groups is 2. The van der Waals surface area contributed by atoms with Crippen LogP contribution in [0.25, 0.3) is 33.4 Å². The van der Waals surface area contributed by atoms with Crippen LogP contribution in [0.4, 0.5) is 11.4 Å². The van der Waals surface area contributed by atoms with Crippen LogP contribution < -0.4 is 9.80 Å². The first-order valence-electron chi connectivity index (χ1n) is 17.8. The Morgan fingerprint density at radius 2 is 0.774 bits per heavy atom. The molecule has 6 heteroatoms. The van der Waals surface area contributed by atoms with Gasteiger partial charge in [0, 0.05) is 0 Å². The molecule has 0 saturated carbocycles. The van der Waals surface area contributed by atoms with Gasteiger partial charge in [-0.05, 0) is 152 Å². The van der Waals surface area contributed by atoms with Gasteiger partial charge in [-0.15, -0.1) is 0 Å². The fourth-order valence-corrected chi connectivity index (χ4v) is 7.78. The van der Waals surface area contributed by atoms with Gasteiger partial charge in [-0.3, -0.25) is 19.2 Å². The Morgan fingerprint density at radius 1 is 0.340 bits per heavy atom. The van der Waals surface area contributed by atoms with E-state index in [-0.39, 0.29) is 23.6 Å². The molecular weight excluding hydrogens is 657 g/mol. The highest BCUT2D eigenvalue weighted by molar-refractivity contribution is 6.36. The van der Waals surface area contributed by atoms with Crippen LogP contribution in [0.5, 0.6) is 0 Å². The van der Waals surface area contributed by atoms with Crippen LogP contribution in [0.2, 0.25) is 0 Å². The third-order valence-corrected chi connectivity index (χ3v) is 10.9. The summed E-state index contributed by atoms with van der Waals surface area (Å²) in [6.45, 7) is 13.8. The third-order valence-electron chi connectivity index (χ3n) is 10.9. The van der Waals surface area contributed by atoms with Crippen molar-refractivity contribution in [2.75, 3.05) is 9.80 Å². The normalized spacial score (nSPS) is 13.6. The summed E-state index contributed by atoms with van der Waals surface area (Å²) >= 11 is 0. The van der Waals surface area contributed by atoms with Gasteiger partial charge in [0.2, 0.25) is 0 Å². The lowest BCUT2D eigenvalue weighted by Gasteiger charge is -2.24. The Hall–Kier alpha value is -6.40. The van der Waals surface area contributed by atoms with E-state index < -0.39 is 0 Å². The molecule has 0 radical (unpaired) electrons. The van der Waals surface area contributed by atoms with Crippen LogP contribution in [0.1, 0.15) is 80.4 Å². The van der Waals surface area contributed by atoms with Crippen LogP contribution in [0, 0.1) is 48.5 Å². The highest BCUT2D eigenvalue weighted by Crippen LogP contribution is 2.42. The molecule has 2 aliphatic heterocycles. The predicted molar refractivity (Wildman–Crippen MR) is 211 cm³/mol. The first-order valence-corrected chi connectivity index (χ1v) is 17.8. The standard InChI is InChI=1S/C47H38N2O4/c1-25-8-12-32(13-9-25)34-16-18-36-40(23-34)46(52)48(44(36)50)42-22-27(3)38(20-28(42)4)39-21-29(5)43(31(7)30(39)6)49-45(51)37-19-17-35(24-41(37)47(49)53)33-14-10-26(2)11-15-33/h8-24H,1-7H3. The second kappa shape index (κ2) is 12.4. The van der Waals surface area contributed by atoms with Crippen molar-refractivity contribution in [1.82, 2.24) is 0 Å². The SMILES string of the molecule is Cc1ccc(-c2ccc3c(c2)C(=O)N(c2cc(C)c(-c4cc(C)c(N5C(=O)c6ccc(-c7ccc(C)cc7)cc6C5=O)c(C)c4C)cc2C)C3=O)cc1. The molecule has 2 heterocycles. The Morgan fingerprint density at radius 3 is 1.30 bits per heavy atom. The van der Waals surface area contributed by atoms with Gasteiger partial charge in [0.25, 0.3) is 23.6 Å². The summed E-state index contributed by atoms with van der Waals surface area (Å²) < 4.78 is 0. The maximum atomic E-state index is 14.0. The number of nitrogens with zero attached hydrogens (tertiary/aromatic N) is 2. The number of carbonyl (C=O) groups excluding carboxylic acids is 4. The summed E-state index contributed by atoms with van der Waals surface area (Å²) in [6, 6.07) is 33.0. The van der Waals surface area contributed by atoms with E-state index in [2.05, 4.69) is 0 Å². The summed E-state index contributed by atoms with van der Waals surface area (Å²) in [7, 11) is 0. The van der Waals surface area contributed by atoms with Crippen LogP contribution in [-0.2, 0) is 0 Å². The average Bonchev–Trinajstić information content (AvgIpc) is 3.54. The van der Waals surface area contributed by atoms with E-state index in [4.69, 9.17) is 0 Å². The van der Waals surface area contributed by atoms with Crippen molar-refractivity contribution in [1.29, 1.82) is 0 Å². The van der Waals surface area contributed by atoms with Gasteiger partial charge >= 0.3 is 0 Å². The van der Waals surface area contributed by atoms with Crippen molar-refractivity contribution < 1.29 is 19.2 Å². The van der Waals surface area contributed by atoms with Gasteiger partial charge in [-0.2, -0.15) is 0 Å². The minimum absolute atomic E-state index is 0.331. The van der Waals surface area contributed by atoms with Crippen LogP contribution >= 0.6 is 0 Å². The zero-order valence-electron chi connectivity index (χ0n) is 30.8. The topological polar surface area (TPSA) is 74.8 Å². The van der Waals surface area contributed by atoms with E-state index in [0.29, 0.717) is 33.6 Å². The van der Waals surface area contributed by atoms with Gasteiger partial charge in [-0.25, -0.2) is 9.80 Å². The number of carbonyl (C=O) groups is 4. The second-order valence-corrected chi connectivity index (χ2v) is 14.4. The zero-order valence-corrected chi connectivity index (χ0v) is 30.8. The number of fused-ring (bicyclic) bond motifs is 2. The highest BCUT2D eigenvalue weighted by Gasteiger charge is 2.40. The summed E-state index contributed by atoms with van der Waals surface area (Å²) in [4.78, 5) is 57.9. The summed E-state index contributed by atoms with van der Waals surface area (Å²) in [6.07, 6.45) is 0. The maximum absolute atomic E-state index is 14.0. The van der Waals surface area contributed by atoms with Crippen LogP contribution in [0.15, 0.2) is 103 Å². The molecule has 0 aliphatic carbocycles. The number of benzene rings is 6. The zero-order chi connectivity index (χ0) is 37.5. The van der Waals surface area contributed by atoms with Crippen molar-refractivity contribution in [3.05, 3.63) is 164 Å². The quantitative estimate of drug-likeness (QED) is 0.168. The Kier molecular flexibility index (Phi) is 7.88. The minimum atomic E-state index is -0.339. The van der Waals surface area contributed by atoms with Gasteiger partial charge in [-0.1, -0.05) is 71.8 Å². The van der Waals surface area contributed by atoms with Gasteiger partial charge in [0.05, 0.1) is 33.6 Å². The highest BCUT2D eigenvalue weighted by atomic mass is 16.2. The number of hydrogen-bond donors (Lipinski definition) is 0. The lowest BCUT2D eigenvalue weighted by atomic mass is 9.89. The number of amides is 4. The van der Waals surface area contributed by atoms with Gasteiger partial charge in [0.15, 0.2) is 0 Å². The lowest BCUT2D eigenvalue weighted by Crippen LogP contribution is -2.31. The molecule has 0 spiro atoms. The molecule has 0 unspecified atom stereocenters. The molecule has 0 atom stereocenters. The second-order valence-electron chi connectivity index (χ2n) is 14.4. The smallest absolute Gasteiger partial charge is 0.266 e. The predicted octanol–water partition coefficient (Wildman–Crippen LogP) is 10.4. The van der Waals surface area contributed by atoms with E-state index in [1.165, 1.54) is 9.80 Å². The molecule has 4 amide bonds. The summed E-state index contributed by atoms with van der Waals surface area (Å²) in [5.74, 6) is -1.34. The molecule has 0 fully saturated rings. The number of anilines is 2. The number of hydrogen-bond acceptors (Lipinski definition) is 4. The third kappa shape index (κ3) is 5.32. The maximum Gasteiger partial charge on any atom is 0.266 e. The molecule has 0 saturated heterocycles. The molecular formula is C47H38N2O4. The molecule has 6 aromatic carbocycles. The van der Waals surface area contributed by atoms with Crippen molar-refractivity contribution >= 4 is 35.0 Å². The molecule has 0 N–H and O–H groups in total. The van der Waals surface area contributed by atoms with Gasteiger partial charge in [0.1, 0.15) is 0 Å². The Bertz CT molecular complexity index is 2600. The van der Waals surface area contributed by atoms with Crippen molar-refractivity contribution in [2.45, 2.75) is 48.5 Å². The van der Waals surface area contributed by atoms with E-state index >= 15 is 0 Å². The van der Waals surface area contributed by atoms with E-state index in [1.807, 2.05) is 139 Å². The largest absolute Gasteiger partial charge is 0.268 e. The fraction of sp³-hybridized carbons (Fsp3) is 0.149.